The van der Waals surface area contributed by atoms with Gasteiger partial charge in [0.2, 0.25) is 11.8 Å². The number of carbonyl (C=O) groups excluding carboxylic acids is 3. The van der Waals surface area contributed by atoms with Gasteiger partial charge in [-0.25, -0.2) is 0 Å². The van der Waals surface area contributed by atoms with Crippen molar-refractivity contribution in [3.05, 3.63) is 34.9 Å². The number of rotatable bonds is 6. The third-order valence-electron chi connectivity index (χ3n) is 10.1. The summed E-state index contributed by atoms with van der Waals surface area (Å²) in [6.45, 7) is 19.0. The van der Waals surface area contributed by atoms with Crippen LogP contribution in [0.5, 0.6) is 0 Å². The maximum atomic E-state index is 14.2. The van der Waals surface area contributed by atoms with Crippen molar-refractivity contribution in [3.63, 3.8) is 0 Å². The first kappa shape index (κ1) is 31.0. The van der Waals surface area contributed by atoms with Crippen LogP contribution in [0.2, 0.25) is 5.02 Å². The zero-order chi connectivity index (χ0) is 29.6. The van der Waals surface area contributed by atoms with E-state index in [9.17, 15) is 14.4 Å². The summed E-state index contributed by atoms with van der Waals surface area (Å²) in [4.78, 5) is 47.2. The van der Waals surface area contributed by atoms with Gasteiger partial charge in [0, 0.05) is 48.7 Å². The molecule has 0 spiro atoms. The molecule has 2 heterocycles. The number of carbonyl (C=O) groups is 3. The molecule has 1 aromatic rings. The van der Waals surface area contributed by atoms with E-state index in [1.165, 1.54) is 6.92 Å². The third-order valence-corrected chi connectivity index (χ3v) is 10.4. The van der Waals surface area contributed by atoms with E-state index >= 15 is 0 Å². The van der Waals surface area contributed by atoms with Crippen LogP contribution in [-0.4, -0.2) is 76.1 Å². The van der Waals surface area contributed by atoms with Crippen LogP contribution in [0.25, 0.3) is 0 Å². The fraction of sp³-hybridized carbons (Fsp3) is 0.727. The van der Waals surface area contributed by atoms with Gasteiger partial charge in [0.05, 0.1) is 12.0 Å². The van der Waals surface area contributed by atoms with Crippen LogP contribution in [0.1, 0.15) is 99.0 Å². The predicted octanol–water partition coefficient (Wildman–Crippen LogP) is 6.17. The lowest BCUT2D eigenvalue weighted by Gasteiger charge is -2.45. The van der Waals surface area contributed by atoms with Crippen molar-refractivity contribution >= 4 is 29.2 Å². The zero-order valence-electron chi connectivity index (χ0n) is 25.9. The number of amides is 2. The Morgan fingerprint density at radius 2 is 1.50 bits per heavy atom. The Balaban J connectivity index is 1.56. The highest BCUT2D eigenvalue weighted by Gasteiger charge is 2.48. The molecule has 0 aromatic heterocycles. The van der Waals surface area contributed by atoms with E-state index in [2.05, 4.69) is 51.7 Å². The quantitative estimate of drug-likeness (QED) is 0.383. The van der Waals surface area contributed by atoms with Crippen molar-refractivity contribution in [1.29, 1.82) is 0 Å². The maximum absolute atomic E-state index is 14.2. The van der Waals surface area contributed by atoms with E-state index in [0.717, 1.165) is 44.2 Å². The molecule has 2 amide bonds. The smallest absolute Gasteiger partial charge is 0.236 e. The number of benzene rings is 1. The molecule has 3 fully saturated rings. The first-order valence-electron chi connectivity index (χ1n) is 15.1. The van der Waals surface area contributed by atoms with Crippen molar-refractivity contribution in [2.24, 2.45) is 16.7 Å². The molecule has 1 aromatic carbocycles. The second-order valence-electron chi connectivity index (χ2n) is 14.9. The van der Waals surface area contributed by atoms with Gasteiger partial charge in [-0.1, -0.05) is 37.6 Å². The summed E-state index contributed by atoms with van der Waals surface area (Å²) >= 11 is 6.19. The van der Waals surface area contributed by atoms with Gasteiger partial charge in [0.25, 0.3) is 0 Å². The normalized spacial score (nSPS) is 26.2. The van der Waals surface area contributed by atoms with Crippen LogP contribution in [0.4, 0.5) is 0 Å². The minimum Gasteiger partial charge on any atom is -0.340 e. The molecule has 1 aliphatic carbocycles. The van der Waals surface area contributed by atoms with Gasteiger partial charge in [0.15, 0.2) is 0 Å². The molecule has 2 saturated heterocycles. The number of hydrogen-bond acceptors (Lipinski definition) is 4. The molecule has 7 heteroatoms. The van der Waals surface area contributed by atoms with Crippen LogP contribution in [-0.2, 0) is 14.4 Å². The van der Waals surface area contributed by atoms with Crippen LogP contribution in [0, 0.1) is 16.7 Å². The van der Waals surface area contributed by atoms with Crippen LogP contribution in [0.15, 0.2) is 24.3 Å². The molecule has 222 valence electrons. The summed E-state index contributed by atoms with van der Waals surface area (Å²) in [6.07, 6.45) is 4.76. The molecule has 3 aliphatic rings. The van der Waals surface area contributed by atoms with Gasteiger partial charge < -0.3 is 9.80 Å². The lowest BCUT2D eigenvalue weighted by atomic mass is 9.74. The summed E-state index contributed by atoms with van der Waals surface area (Å²) in [6, 6.07) is 7.99. The Bertz CT molecular complexity index is 1100. The molecular formula is C33H50ClN3O3. The topological polar surface area (TPSA) is 60.9 Å². The summed E-state index contributed by atoms with van der Waals surface area (Å²) in [7, 11) is 0. The van der Waals surface area contributed by atoms with Gasteiger partial charge >= 0.3 is 0 Å². The van der Waals surface area contributed by atoms with Crippen LogP contribution in [0.3, 0.4) is 0 Å². The fourth-order valence-corrected chi connectivity index (χ4v) is 6.94. The third kappa shape index (κ3) is 6.43. The Kier molecular flexibility index (Phi) is 8.84. The zero-order valence-corrected chi connectivity index (χ0v) is 26.7. The van der Waals surface area contributed by atoms with E-state index in [0.29, 0.717) is 24.7 Å². The Hall–Kier alpha value is -1.92. The number of halogens is 1. The molecule has 3 atom stereocenters. The second kappa shape index (κ2) is 11.4. The Morgan fingerprint density at radius 3 is 2.05 bits per heavy atom. The average molecular weight is 572 g/mol. The average Bonchev–Trinajstić information content (AvgIpc) is 3.53. The number of nitrogens with zero attached hydrogens (tertiary/aromatic N) is 3. The highest BCUT2D eigenvalue weighted by atomic mass is 35.5. The highest BCUT2D eigenvalue weighted by molar-refractivity contribution is 6.30. The first-order valence-corrected chi connectivity index (χ1v) is 15.5. The summed E-state index contributed by atoms with van der Waals surface area (Å²) in [5.41, 5.74) is 0.318. The molecular weight excluding hydrogens is 522 g/mol. The van der Waals surface area contributed by atoms with Gasteiger partial charge in [-0.2, -0.15) is 0 Å². The Morgan fingerprint density at radius 1 is 0.900 bits per heavy atom. The number of Topliss-reactive ketones (excluding diaryl/α,β-unsaturated/α-hetero) is 1. The van der Waals surface area contributed by atoms with Crippen molar-refractivity contribution in [1.82, 2.24) is 14.7 Å². The number of likely N-dealkylation sites (tertiary alicyclic amines) is 2. The van der Waals surface area contributed by atoms with Gasteiger partial charge in [-0.3, -0.25) is 19.3 Å². The van der Waals surface area contributed by atoms with Crippen LogP contribution >= 0.6 is 11.6 Å². The summed E-state index contributed by atoms with van der Waals surface area (Å²) in [5.74, 6) is -0.0610. The summed E-state index contributed by atoms with van der Waals surface area (Å²) < 4.78 is 0. The van der Waals surface area contributed by atoms with Crippen LogP contribution < -0.4 is 0 Å². The van der Waals surface area contributed by atoms with Gasteiger partial charge in [-0.05, 0) is 96.8 Å². The molecule has 4 rings (SSSR count). The molecule has 40 heavy (non-hydrogen) atoms. The highest BCUT2D eigenvalue weighted by Crippen LogP contribution is 2.41. The van der Waals surface area contributed by atoms with E-state index in [1.54, 1.807) is 13.8 Å². The van der Waals surface area contributed by atoms with Crippen molar-refractivity contribution in [3.8, 4) is 0 Å². The molecule has 6 nitrogen and oxygen atoms in total. The maximum Gasteiger partial charge on any atom is 0.236 e. The minimum absolute atomic E-state index is 0.0382. The lowest BCUT2D eigenvalue weighted by molar-refractivity contribution is -0.152. The Labute approximate surface area is 246 Å². The van der Waals surface area contributed by atoms with Crippen molar-refractivity contribution in [2.45, 2.75) is 111 Å². The van der Waals surface area contributed by atoms with E-state index < -0.39 is 5.41 Å². The minimum atomic E-state index is -1.07. The second-order valence-corrected chi connectivity index (χ2v) is 15.3. The molecule has 2 aliphatic heterocycles. The largest absolute Gasteiger partial charge is 0.340 e. The van der Waals surface area contributed by atoms with Gasteiger partial charge in [-0.15, -0.1) is 0 Å². The molecule has 1 saturated carbocycles. The summed E-state index contributed by atoms with van der Waals surface area (Å²) in [5, 5.41) is 0.698. The molecule has 0 unspecified atom stereocenters. The SMILES string of the molecule is CC(=O)C(C)(C)C(=O)N(C1CCC(C)(C)CC1)[C@H]1CCN(C(=O)[C@@H]2CN(C(C)(C)C)C[C@H]2c2ccc(Cl)cc2)C1. The monoisotopic (exact) mass is 571 g/mol. The predicted molar refractivity (Wildman–Crippen MR) is 161 cm³/mol. The van der Waals surface area contributed by atoms with Crippen molar-refractivity contribution < 1.29 is 14.4 Å². The lowest BCUT2D eigenvalue weighted by Crippen LogP contribution is -2.55. The van der Waals surface area contributed by atoms with Crippen molar-refractivity contribution in [2.75, 3.05) is 26.2 Å². The standard InChI is InChI=1S/C33H50ClN3O3/c1-22(38)33(7,8)30(40)37(25-13-16-32(5,6)17-14-25)26-15-18-35(19-26)29(39)28-21-36(31(2,3)4)20-27(28)23-9-11-24(34)12-10-23/h9-12,25-28H,13-21H2,1-8H3/t26-,27-,28+/m0/s1. The number of hydrogen-bond donors (Lipinski definition) is 0. The van der Waals surface area contributed by atoms with E-state index in [-0.39, 0.29) is 52.5 Å². The van der Waals surface area contributed by atoms with E-state index in [1.807, 2.05) is 21.9 Å². The van der Waals surface area contributed by atoms with E-state index in [4.69, 9.17) is 11.6 Å². The van der Waals surface area contributed by atoms with Gasteiger partial charge in [0.1, 0.15) is 11.2 Å². The molecule has 0 radical (unpaired) electrons. The number of ketones is 1. The first-order chi connectivity index (χ1) is 18.5. The molecule has 0 bridgehead atoms. The fourth-order valence-electron chi connectivity index (χ4n) is 6.82. The molecule has 0 N–H and O–H groups in total.